The Morgan fingerprint density at radius 1 is 1.13 bits per heavy atom. The number of halogens is 3. The van der Waals surface area contributed by atoms with Crippen LogP contribution in [0.15, 0.2) is 60.7 Å². The molecule has 0 bridgehead atoms. The van der Waals surface area contributed by atoms with E-state index in [1.165, 1.54) is 24.3 Å². The van der Waals surface area contributed by atoms with Crippen LogP contribution in [0.3, 0.4) is 0 Å². The van der Waals surface area contributed by atoms with Gasteiger partial charge < -0.3 is 9.84 Å². The highest BCUT2D eigenvalue weighted by molar-refractivity contribution is 5.88. The molecular weight excluding hydrogens is 397 g/mol. The second-order valence-electron chi connectivity index (χ2n) is 6.82. The normalized spacial score (nSPS) is 13.5. The van der Waals surface area contributed by atoms with Crippen molar-refractivity contribution in [2.24, 2.45) is 0 Å². The smallest absolute Gasteiger partial charge is 0.435 e. The van der Waals surface area contributed by atoms with Gasteiger partial charge in [-0.15, -0.1) is 0 Å². The van der Waals surface area contributed by atoms with Crippen LogP contribution in [0.4, 0.5) is 13.2 Å². The van der Waals surface area contributed by atoms with Crippen molar-refractivity contribution in [3.63, 3.8) is 0 Å². The monoisotopic (exact) mass is 414 g/mol. The summed E-state index contributed by atoms with van der Waals surface area (Å²) in [6.07, 6.45) is -2.34. The van der Waals surface area contributed by atoms with Gasteiger partial charge in [-0.05, 0) is 42.7 Å². The van der Waals surface area contributed by atoms with Crippen LogP contribution < -0.4 is 0 Å². The van der Waals surface area contributed by atoms with Crippen molar-refractivity contribution in [3.05, 3.63) is 88.8 Å². The Bertz CT molecular complexity index is 1120. The van der Waals surface area contributed by atoms with Crippen LogP contribution >= 0.6 is 0 Å². The number of hydrogen-bond donors (Lipinski definition) is 1. The molecule has 3 aromatic rings. The van der Waals surface area contributed by atoms with E-state index in [1.54, 1.807) is 6.08 Å². The lowest BCUT2D eigenvalue weighted by Gasteiger charge is -2.18. The van der Waals surface area contributed by atoms with Gasteiger partial charge in [0.2, 0.25) is 0 Å². The number of allylic oxidation sites excluding steroid dienone is 1. The molecule has 30 heavy (non-hydrogen) atoms. The SMILES string of the molecule is O=C(O)c1cccc(-n2nc(C(F)(F)F)c3c2C(OCc2ccccc2)=CCC3)c1. The maximum absolute atomic E-state index is 13.7. The van der Waals surface area contributed by atoms with E-state index in [4.69, 9.17) is 4.74 Å². The fraction of sp³-hybridized carbons (Fsp3) is 0.182. The predicted octanol–water partition coefficient (Wildman–Crippen LogP) is 5.09. The molecule has 0 saturated carbocycles. The Morgan fingerprint density at radius 2 is 1.90 bits per heavy atom. The van der Waals surface area contributed by atoms with Gasteiger partial charge in [0.05, 0.1) is 11.3 Å². The average molecular weight is 414 g/mol. The molecule has 1 heterocycles. The molecule has 1 N–H and O–H groups in total. The van der Waals surface area contributed by atoms with Gasteiger partial charge in [-0.25, -0.2) is 9.48 Å². The lowest BCUT2D eigenvalue weighted by molar-refractivity contribution is -0.142. The Labute approximate surface area is 170 Å². The summed E-state index contributed by atoms with van der Waals surface area (Å²) in [7, 11) is 0. The van der Waals surface area contributed by atoms with Crippen molar-refractivity contribution >= 4 is 11.7 Å². The van der Waals surface area contributed by atoms with Crippen molar-refractivity contribution in [3.8, 4) is 5.69 Å². The van der Waals surface area contributed by atoms with Crippen molar-refractivity contribution in [2.75, 3.05) is 0 Å². The molecule has 2 aromatic carbocycles. The van der Waals surface area contributed by atoms with E-state index in [0.29, 0.717) is 12.2 Å². The third kappa shape index (κ3) is 3.80. The summed E-state index contributed by atoms with van der Waals surface area (Å²) < 4.78 is 48.0. The highest BCUT2D eigenvalue weighted by atomic mass is 19.4. The molecule has 0 spiro atoms. The number of aromatic nitrogens is 2. The minimum absolute atomic E-state index is 0.0446. The molecule has 0 unspecified atom stereocenters. The minimum Gasteiger partial charge on any atom is -0.487 e. The number of hydrogen-bond acceptors (Lipinski definition) is 3. The molecule has 5 nitrogen and oxygen atoms in total. The second kappa shape index (κ2) is 7.70. The Kier molecular flexibility index (Phi) is 5.07. The van der Waals surface area contributed by atoms with Gasteiger partial charge in [-0.3, -0.25) is 0 Å². The molecule has 0 saturated heterocycles. The summed E-state index contributed by atoms with van der Waals surface area (Å²) in [5.74, 6) is -0.881. The molecule has 8 heteroatoms. The summed E-state index contributed by atoms with van der Waals surface area (Å²) in [5, 5.41) is 13.1. The first-order valence-corrected chi connectivity index (χ1v) is 9.24. The van der Waals surface area contributed by atoms with E-state index >= 15 is 0 Å². The molecule has 1 aliphatic carbocycles. The zero-order valence-electron chi connectivity index (χ0n) is 15.7. The van der Waals surface area contributed by atoms with E-state index in [-0.39, 0.29) is 35.5 Å². The van der Waals surface area contributed by atoms with Crippen LogP contribution in [0.2, 0.25) is 0 Å². The summed E-state index contributed by atoms with van der Waals surface area (Å²) in [6, 6.07) is 14.9. The average Bonchev–Trinajstić information content (AvgIpc) is 3.14. The maximum Gasteiger partial charge on any atom is 0.435 e. The Balaban J connectivity index is 1.80. The van der Waals surface area contributed by atoms with E-state index in [1.807, 2.05) is 30.3 Å². The molecule has 1 aromatic heterocycles. The fourth-order valence-electron chi connectivity index (χ4n) is 3.43. The third-order valence-corrected chi connectivity index (χ3v) is 4.78. The van der Waals surface area contributed by atoms with Crippen LogP contribution in [0.25, 0.3) is 11.4 Å². The van der Waals surface area contributed by atoms with Crippen molar-refractivity contribution in [1.29, 1.82) is 0 Å². The number of fused-ring (bicyclic) bond motifs is 1. The molecule has 0 aliphatic heterocycles. The van der Waals surface area contributed by atoms with Crippen molar-refractivity contribution < 1.29 is 27.8 Å². The largest absolute Gasteiger partial charge is 0.487 e. The molecule has 0 radical (unpaired) electrons. The second-order valence-corrected chi connectivity index (χ2v) is 6.82. The highest BCUT2D eigenvalue weighted by Crippen LogP contribution is 2.39. The molecule has 0 amide bonds. The fourth-order valence-corrected chi connectivity index (χ4v) is 3.43. The summed E-state index contributed by atoms with van der Waals surface area (Å²) in [6.45, 7) is 0.188. The lowest BCUT2D eigenvalue weighted by Crippen LogP contribution is -2.11. The summed E-state index contributed by atoms with van der Waals surface area (Å²) >= 11 is 0. The van der Waals surface area contributed by atoms with Crippen LogP contribution in [-0.4, -0.2) is 20.9 Å². The highest BCUT2D eigenvalue weighted by Gasteiger charge is 2.40. The van der Waals surface area contributed by atoms with Gasteiger partial charge in [-0.1, -0.05) is 36.4 Å². The van der Waals surface area contributed by atoms with Gasteiger partial charge in [0.25, 0.3) is 0 Å². The number of benzene rings is 2. The number of nitrogens with zero attached hydrogens (tertiary/aromatic N) is 2. The maximum atomic E-state index is 13.7. The van der Waals surface area contributed by atoms with E-state index in [0.717, 1.165) is 10.2 Å². The molecular formula is C22H17F3N2O3. The van der Waals surface area contributed by atoms with Crippen LogP contribution in [0.5, 0.6) is 0 Å². The zero-order valence-corrected chi connectivity index (χ0v) is 15.7. The first kappa shape index (κ1) is 19.8. The van der Waals surface area contributed by atoms with Gasteiger partial charge in [0.1, 0.15) is 18.1 Å². The van der Waals surface area contributed by atoms with Gasteiger partial charge in [-0.2, -0.15) is 18.3 Å². The van der Waals surface area contributed by atoms with E-state index in [9.17, 15) is 23.1 Å². The summed E-state index contributed by atoms with van der Waals surface area (Å²) in [4.78, 5) is 11.3. The number of ether oxygens (including phenoxy) is 1. The van der Waals surface area contributed by atoms with Gasteiger partial charge >= 0.3 is 12.1 Å². The zero-order chi connectivity index (χ0) is 21.3. The Hall–Kier alpha value is -3.55. The third-order valence-electron chi connectivity index (χ3n) is 4.78. The minimum atomic E-state index is -4.64. The number of carboxylic acids is 1. The molecule has 154 valence electrons. The van der Waals surface area contributed by atoms with Crippen LogP contribution in [0, 0.1) is 0 Å². The van der Waals surface area contributed by atoms with E-state index < -0.39 is 17.8 Å². The molecule has 4 rings (SSSR count). The van der Waals surface area contributed by atoms with Crippen LogP contribution in [0.1, 0.15) is 39.3 Å². The van der Waals surface area contributed by atoms with Crippen molar-refractivity contribution in [1.82, 2.24) is 9.78 Å². The standard InChI is InChI=1S/C22H17F3N2O3/c23-22(24,25)20-17-10-5-11-18(30-13-14-6-2-1-3-7-14)19(17)27(26-20)16-9-4-8-15(12-16)21(28)29/h1-4,6-9,11-12H,5,10,13H2,(H,28,29). The van der Waals surface area contributed by atoms with Gasteiger partial charge in [0.15, 0.2) is 5.69 Å². The number of carbonyl (C=O) groups is 1. The van der Waals surface area contributed by atoms with Gasteiger partial charge in [0, 0.05) is 5.56 Å². The molecule has 0 fully saturated rings. The number of rotatable bonds is 5. The quantitative estimate of drug-likeness (QED) is 0.631. The molecule has 1 aliphatic rings. The number of carboxylic acid groups (broad SMARTS) is 1. The van der Waals surface area contributed by atoms with Crippen LogP contribution in [-0.2, 0) is 23.9 Å². The Morgan fingerprint density at radius 3 is 2.60 bits per heavy atom. The van der Waals surface area contributed by atoms with Crippen molar-refractivity contribution in [2.45, 2.75) is 25.6 Å². The first-order chi connectivity index (χ1) is 14.3. The first-order valence-electron chi connectivity index (χ1n) is 9.24. The topological polar surface area (TPSA) is 64.3 Å². The lowest BCUT2D eigenvalue weighted by atomic mass is 9.99. The van der Waals surface area contributed by atoms with E-state index in [2.05, 4.69) is 5.10 Å². The predicted molar refractivity (Wildman–Crippen MR) is 103 cm³/mol. The number of aromatic carboxylic acids is 1. The summed E-state index contributed by atoms with van der Waals surface area (Å²) in [5.41, 5.74) is 0.322. The number of alkyl halides is 3. The molecule has 0 atom stereocenters.